The summed E-state index contributed by atoms with van der Waals surface area (Å²) >= 11 is 0. The van der Waals surface area contributed by atoms with Crippen molar-refractivity contribution in [2.24, 2.45) is 0 Å². The number of aromatic hydroxyl groups is 3. The molecule has 6 aliphatic rings. The summed E-state index contributed by atoms with van der Waals surface area (Å²) in [5.41, 5.74) is 18.7. The van der Waals surface area contributed by atoms with E-state index in [9.17, 15) is 15.3 Å². The lowest BCUT2D eigenvalue weighted by Gasteiger charge is -2.33. The number of fused-ring (bicyclic) bond motifs is 8. The summed E-state index contributed by atoms with van der Waals surface area (Å²) in [6, 6.07) is 26.2. The van der Waals surface area contributed by atoms with Crippen molar-refractivity contribution in [3.05, 3.63) is 236 Å². The molecule has 2 atom stereocenters. The van der Waals surface area contributed by atoms with E-state index in [1.165, 1.54) is 67.3 Å². The Labute approximate surface area is 391 Å². The first-order valence-electron chi connectivity index (χ1n) is 23.8. The second kappa shape index (κ2) is 16.3. The van der Waals surface area contributed by atoms with Crippen LogP contribution in [-0.4, -0.2) is 15.3 Å². The zero-order valence-electron chi connectivity index (χ0n) is 39.4. The molecule has 4 nitrogen and oxygen atoms in total. The summed E-state index contributed by atoms with van der Waals surface area (Å²) in [4.78, 5) is 2.14. The maximum absolute atomic E-state index is 12.0. The minimum absolute atomic E-state index is 0.00970. The van der Waals surface area contributed by atoms with E-state index in [-0.39, 0.29) is 28.1 Å². The molecule has 2 unspecified atom stereocenters. The van der Waals surface area contributed by atoms with E-state index in [4.69, 9.17) is 0 Å². The molecule has 0 radical (unpaired) electrons. The minimum Gasteiger partial charge on any atom is -0.506 e. The predicted octanol–water partition coefficient (Wildman–Crippen LogP) is 15.2. The standard InChI is InChI=1S/C62H61NO3/c1-8-9-20-43-37-62(51-30-18-16-25-47(43)51)52-29-12-10-11-26-48(52)49-27-19-23-45(35-54(49)62)63(58-40(4)59(66)57(65)36-56(58)64)44-22-14-13-21-41(33-44)42-31-32-53-55(34-42)61(7,38-60(53,5)6)50-28-17-15-24-46(50)39(2)3/h8-10,12-18,20-21,23-36,39,64-66H,11,19,22,37-38H2,1-7H3/b9-8-,43-20+. The Morgan fingerprint density at radius 3 is 2.27 bits per heavy atom. The molecular weight excluding hydrogens is 807 g/mol. The third-order valence-corrected chi connectivity index (χ3v) is 15.2. The number of hydrogen-bond donors (Lipinski definition) is 3. The highest BCUT2D eigenvalue weighted by Crippen LogP contribution is 2.64. The van der Waals surface area contributed by atoms with Crippen LogP contribution in [0.4, 0.5) is 5.69 Å². The summed E-state index contributed by atoms with van der Waals surface area (Å²) in [6.45, 7) is 15.6. The molecule has 10 rings (SSSR count). The maximum atomic E-state index is 12.0. The van der Waals surface area contributed by atoms with Gasteiger partial charge in [0.15, 0.2) is 11.5 Å². The summed E-state index contributed by atoms with van der Waals surface area (Å²) in [5.74, 6) is -0.310. The highest BCUT2D eigenvalue weighted by Gasteiger charge is 2.54. The smallest absolute Gasteiger partial charge is 0.162 e. The van der Waals surface area contributed by atoms with Crippen LogP contribution in [0.15, 0.2) is 192 Å². The maximum Gasteiger partial charge on any atom is 0.162 e. The molecule has 4 aromatic carbocycles. The van der Waals surface area contributed by atoms with Crippen LogP contribution in [0.2, 0.25) is 0 Å². The number of nitrogens with zero attached hydrogens (tertiary/aromatic N) is 1. The van der Waals surface area contributed by atoms with Crippen molar-refractivity contribution in [2.75, 3.05) is 4.90 Å². The summed E-state index contributed by atoms with van der Waals surface area (Å²) in [5, 5.41) is 34.2. The van der Waals surface area contributed by atoms with Gasteiger partial charge in [-0.25, -0.2) is 0 Å². The quantitative estimate of drug-likeness (QED) is 0.128. The van der Waals surface area contributed by atoms with E-state index >= 15 is 0 Å². The van der Waals surface area contributed by atoms with Crippen molar-refractivity contribution < 1.29 is 15.3 Å². The molecule has 1 spiro atoms. The molecule has 4 heteroatoms. The van der Waals surface area contributed by atoms with Gasteiger partial charge in [-0.3, -0.25) is 0 Å². The Kier molecular flexibility index (Phi) is 10.6. The van der Waals surface area contributed by atoms with Crippen LogP contribution in [-0.2, 0) is 16.2 Å². The van der Waals surface area contributed by atoms with Gasteiger partial charge >= 0.3 is 0 Å². The number of anilines is 1. The third-order valence-electron chi connectivity index (χ3n) is 15.2. The summed E-state index contributed by atoms with van der Waals surface area (Å²) < 4.78 is 0. The van der Waals surface area contributed by atoms with E-state index in [0.717, 1.165) is 41.8 Å². The van der Waals surface area contributed by atoms with Gasteiger partial charge in [-0.15, -0.1) is 0 Å². The van der Waals surface area contributed by atoms with Crippen molar-refractivity contribution in [2.45, 2.75) is 103 Å². The van der Waals surface area contributed by atoms with Crippen molar-refractivity contribution in [1.82, 2.24) is 0 Å². The van der Waals surface area contributed by atoms with Crippen LogP contribution in [0, 0.1) is 6.92 Å². The molecule has 332 valence electrons. The zero-order valence-corrected chi connectivity index (χ0v) is 39.4. The molecule has 0 bridgehead atoms. The summed E-state index contributed by atoms with van der Waals surface area (Å²) in [7, 11) is 0. The Morgan fingerprint density at radius 1 is 0.727 bits per heavy atom. The highest BCUT2D eigenvalue weighted by atomic mass is 16.3. The van der Waals surface area contributed by atoms with Crippen molar-refractivity contribution in [1.29, 1.82) is 0 Å². The van der Waals surface area contributed by atoms with E-state index in [1.54, 1.807) is 6.92 Å². The molecule has 0 aromatic heterocycles. The van der Waals surface area contributed by atoms with E-state index < -0.39 is 5.41 Å². The second-order valence-electron chi connectivity index (χ2n) is 20.1. The number of phenols is 3. The van der Waals surface area contributed by atoms with Gasteiger partial charge in [0.25, 0.3) is 0 Å². The SMILES string of the molecule is C/C=C\C=C1/CC2(C3=CC=CCC=C3C3=CCC=C(N(C4=CC(c5ccc6c(c5)C(C)(c5ccccc5C(C)C)CC6(C)C)=CC=CC4)c4c(O)cc(O)c(O)c4C)C=C32)c2ccccc21. The Hall–Kier alpha value is -6.78. The second-order valence-corrected chi connectivity index (χ2v) is 20.1. The molecule has 0 amide bonds. The monoisotopic (exact) mass is 867 g/mol. The predicted molar refractivity (Wildman–Crippen MR) is 274 cm³/mol. The molecule has 0 aliphatic heterocycles. The molecular formula is C62H61NO3. The van der Waals surface area contributed by atoms with Crippen LogP contribution >= 0.6 is 0 Å². The number of allylic oxidation sites excluding steroid dienone is 20. The topological polar surface area (TPSA) is 63.9 Å². The Morgan fingerprint density at radius 2 is 1.47 bits per heavy atom. The van der Waals surface area contributed by atoms with Gasteiger partial charge in [0.1, 0.15) is 5.75 Å². The normalized spacial score (nSPS) is 23.2. The first kappa shape index (κ1) is 43.1. The first-order chi connectivity index (χ1) is 31.8. The van der Waals surface area contributed by atoms with Crippen LogP contribution in [0.3, 0.4) is 0 Å². The molecule has 0 heterocycles. The molecule has 66 heavy (non-hydrogen) atoms. The van der Waals surface area contributed by atoms with Gasteiger partial charge < -0.3 is 20.2 Å². The van der Waals surface area contributed by atoms with E-state index in [0.29, 0.717) is 30.0 Å². The van der Waals surface area contributed by atoms with Crippen LogP contribution in [0.25, 0.3) is 11.1 Å². The van der Waals surface area contributed by atoms with Gasteiger partial charge in [-0.2, -0.15) is 0 Å². The number of rotatable bonds is 7. The fourth-order valence-corrected chi connectivity index (χ4v) is 12.4. The average Bonchev–Trinajstić information content (AvgIpc) is 3.52. The lowest BCUT2D eigenvalue weighted by molar-refractivity contribution is 0.394. The zero-order chi connectivity index (χ0) is 46.1. The fraction of sp³-hybridized carbons (Fsp3) is 0.258. The van der Waals surface area contributed by atoms with Crippen LogP contribution in [0.1, 0.15) is 124 Å². The van der Waals surface area contributed by atoms with Gasteiger partial charge in [0.05, 0.1) is 11.1 Å². The van der Waals surface area contributed by atoms with E-state index in [1.807, 2.05) is 0 Å². The van der Waals surface area contributed by atoms with Gasteiger partial charge in [0.2, 0.25) is 0 Å². The molecule has 1 saturated carbocycles. The largest absolute Gasteiger partial charge is 0.506 e. The summed E-state index contributed by atoms with van der Waals surface area (Å²) in [6.07, 6.45) is 35.3. The third kappa shape index (κ3) is 6.71. The Balaban J connectivity index is 1.17. The van der Waals surface area contributed by atoms with Crippen molar-refractivity contribution >= 4 is 16.8 Å². The van der Waals surface area contributed by atoms with Crippen molar-refractivity contribution in [3.63, 3.8) is 0 Å². The minimum atomic E-state index is -0.457. The number of hydrogen-bond acceptors (Lipinski definition) is 4. The first-order valence-corrected chi connectivity index (χ1v) is 23.8. The molecule has 6 aliphatic carbocycles. The van der Waals surface area contributed by atoms with Crippen LogP contribution < -0.4 is 4.90 Å². The molecule has 1 fully saturated rings. The molecule has 4 aromatic rings. The van der Waals surface area contributed by atoms with Crippen molar-refractivity contribution in [3.8, 4) is 17.2 Å². The fourth-order valence-electron chi connectivity index (χ4n) is 12.4. The molecule has 0 saturated heterocycles. The van der Waals surface area contributed by atoms with Gasteiger partial charge in [-0.1, -0.05) is 168 Å². The van der Waals surface area contributed by atoms with E-state index in [2.05, 4.69) is 198 Å². The lowest BCUT2D eigenvalue weighted by atomic mass is 9.72. The average molecular weight is 868 g/mol. The number of benzene rings is 4. The highest BCUT2D eigenvalue weighted by molar-refractivity contribution is 5.89. The lowest BCUT2D eigenvalue weighted by Crippen LogP contribution is -2.26. The van der Waals surface area contributed by atoms with Gasteiger partial charge in [0, 0.05) is 34.9 Å². The Bertz CT molecular complexity index is 3070. The van der Waals surface area contributed by atoms with Crippen LogP contribution in [0.5, 0.6) is 17.2 Å². The van der Waals surface area contributed by atoms with Gasteiger partial charge in [-0.05, 0) is 141 Å². The molecule has 3 N–H and O–H groups in total. The number of phenolic OH excluding ortho intramolecular Hbond substituents is 3.